The molecule has 0 unspecified atom stereocenters. The van der Waals surface area contributed by atoms with Gasteiger partial charge in [0.15, 0.2) is 0 Å². The summed E-state index contributed by atoms with van der Waals surface area (Å²) in [6, 6.07) is 16.0. The van der Waals surface area contributed by atoms with Gasteiger partial charge in [-0.2, -0.15) is 5.10 Å². The van der Waals surface area contributed by atoms with Crippen molar-refractivity contribution in [2.75, 3.05) is 5.32 Å². The van der Waals surface area contributed by atoms with Crippen LogP contribution in [0.1, 0.15) is 21.6 Å². The molecule has 0 saturated heterocycles. The highest BCUT2D eigenvalue weighted by molar-refractivity contribution is 7.99. The van der Waals surface area contributed by atoms with Crippen molar-refractivity contribution in [1.82, 2.24) is 9.78 Å². The maximum absolute atomic E-state index is 12.2. The molecule has 3 aromatic rings. The molecule has 1 heterocycles. The fourth-order valence-corrected chi connectivity index (χ4v) is 3.34. The van der Waals surface area contributed by atoms with Gasteiger partial charge in [-0.3, -0.25) is 9.48 Å². The average Bonchev–Trinajstić information content (AvgIpc) is 2.99. The molecule has 4 nitrogen and oxygen atoms in total. The summed E-state index contributed by atoms with van der Waals surface area (Å²) in [4.78, 5) is 14.6. The number of carbonyl (C=O) groups excluding carboxylic acids is 1. The quantitative estimate of drug-likeness (QED) is 0.765. The molecule has 3 rings (SSSR count). The minimum atomic E-state index is -0.162. The summed E-state index contributed by atoms with van der Waals surface area (Å²) in [5, 5.41) is 6.90. The Balaban J connectivity index is 1.70. The molecule has 0 radical (unpaired) electrons. The smallest absolute Gasteiger partial charge is 0.273 e. The Morgan fingerprint density at radius 2 is 1.83 bits per heavy atom. The van der Waals surface area contributed by atoms with Crippen LogP contribution in [0.4, 0.5) is 5.69 Å². The van der Waals surface area contributed by atoms with Crippen LogP contribution in [0, 0.1) is 13.8 Å². The minimum Gasteiger partial charge on any atom is -0.321 e. The lowest BCUT2D eigenvalue weighted by Gasteiger charge is -2.09. The van der Waals surface area contributed by atoms with Crippen LogP contribution in [0.15, 0.2) is 64.5 Å². The van der Waals surface area contributed by atoms with Gasteiger partial charge >= 0.3 is 0 Å². The number of carbonyl (C=O) groups is 1. The first kappa shape index (κ1) is 16.3. The van der Waals surface area contributed by atoms with E-state index in [0.717, 1.165) is 10.6 Å². The van der Waals surface area contributed by atoms with E-state index in [1.807, 2.05) is 24.3 Å². The molecule has 2 aromatic carbocycles. The van der Waals surface area contributed by atoms with E-state index in [4.69, 9.17) is 0 Å². The number of rotatable bonds is 4. The molecule has 0 fully saturated rings. The molecule has 0 aliphatic heterocycles. The fraction of sp³-hybridized carbons (Fsp3) is 0.158. The van der Waals surface area contributed by atoms with Crippen LogP contribution in [0.5, 0.6) is 0 Å². The van der Waals surface area contributed by atoms with Crippen LogP contribution < -0.4 is 5.32 Å². The largest absolute Gasteiger partial charge is 0.321 e. The third-order valence-electron chi connectivity index (χ3n) is 3.74. The SMILES string of the molecule is Cc1ccc(C)c(Sc2ccc(NC(=O)c3ccnn3C)cc2)c1. The van der Waals surface area contributed by atoms with E-state index < -0.39 is 0 Å². The summed E-state index contributed by atoms with van der Waals surface area (Å²) in [6.07, 6.45) is 1.61. The molecule has 0 aliphatic carbocycles. The highest BCUT2D eigenvalue weighted by atomic mass is 32.2. The summed E-state index contributed by atoms with van der Waals surface area (Å²) < 4.78 is 1.56. The van der Waals surface area contributed by atoms with Gasteiger partial charge in [-0.05, 0) is 61.4 Å². The normalized spacial score (nSPS) is 10.6. The first-order valence-electron chi connectivity index (χ1n) is 7.67. The lowest BCUT2D eigenvalue weighted by molar-refractivity contribution is 0.101. The minimum absolute atomic E-state index is 0.162. The molecule has 5 heteroatoms. The Morgan fingerprint density at radius 3 is 2.50 bits per heavy atom. The number of benzene rings is 2. The van der Waals surface area contributed by atoms with Crippen molar-refractivity contribution in [3.8, 4) is 0 Å². The monoisotopic (exact) mass is 337 g/mol. The number of nitrogens with one attached hydrogen (secondary N) is 1. The van der Waals surface area contributed by atoms with E-state index in [9.17, 15) is 4.79 Å². The molecule has 1 N–H and O–H groups in total. The third kappa shape index (κ3) is 3.68. The maximum Gasteiger partial charge on any atom is 0.273 e. The van der Waals surface area contributed by atoms with Crippen LogP contribution in [0.3, 0.4) is 0 Å². The number of anilines is 1. The summed E-state index contributed by atoms with van der Waals surface area (Å²) in [7, 11) is 1.75. The van der Waals surface area contributed by atoms with Gasteiger partial charge in [-0.15, -0.1) is 0 Å². The van der Waals surface area contributed by atoms with Crippen molar-refractivity contribution in [3.63, 3.8) is 0 Å². The average molecular weight is 337 g/mol. The van der Waals surface area contributed by atoms with Gasteiger partial charge in [0.05, 0.1) is 0 Å². The number of hydrogen-bond donors (Lipinski definition) is 1. The number of aromatic nitrogens is 2. The standard InChI is InChI=1S/C19H19N3OS/c1-13-4-5-14(2)18(12-13)24-16-8-6-15(7-9-16)21-19(23)17-10-11-20-22(17)3/h4-12H,1-3H3,(H,21,23). The third-order valence-corrected chi connectivity index (χ3v) is 4.90. The summed E-state index contributed by atoms with van der Waals surface area (Å²) in [6.45, 7) is 4.21. The van der Waals surface area contributed by atoms with Crippen molar-refractivity contribution in [1.29, 1.82) is 0 Å². The Bertz CT molecular complexity index is 869. The second-order valence-electron chi connectivity index (χ2n) is 5.69. The molecule has 1 aromatic heterocycles. The van der Waals surface area contributed by atoms with E-state index in [-0.39, 0.29) is 5.91 Å². The Hall–Kier alpha value is -2.53. The topological polar surface area (TPSA) is 46.9 Å². The lowest BCUT2D eigenvalue weighted by Crippen LogP contribution is -2.15. The van der Waals surface area contributed by atoms with Crippen molar-refractivity contribution in [3.05, 3.63) is 71.5 Å². The van der Waals surface area contributed by atoms with Crippen LogP contribution in [0.2, 0.25) is 0 Å². The summed E-state index contributed by atoms with van der Waals surface area (Å²) >= 11 is 1.73. The molecule has 0 atom stereocenters. The van der Waals surface area contributed by atoms with Gasteiger partial charge in [0.2, 0.25) is 0 Å². The first-order chi connectivity index (χ1) is 11.5. The van der Waals surface area contributed by atoms with Gasteiger partial charge in [0, 0.05) is 28.7 Å². The van der Waals surface area contributed by atoms with E-state index in [2.05, 4.69) is 42.5 Å². The predicted molar refractivity (Wildman–Crippen MR) is 97.6 cm³/mol. The number of nitrogens with zero attached hydrogens (tertiary/aromatic N) is 2. The van der Waals surface area contributed by atoms with Crippen molar-refractivity contribution >= 4 is 23.4 Å². The van der Waals surface area contributed by atoms with Crippen molar-refractivity contribution in [2.45, 2.75) is 23.6 Å². The Labute approximate surface area is 145 Å². The van der Waals surface area contributed by atoms with Crippen LogP contribution in [-0.2, 0) is 7.05 Å². The van der Waals surface area contributed by atoms with Gasteiger partial charge in [0.1, 0.15) is 5.69 Å². The molecular formula is C19H19N3OS. The zero-order valence-corrected chi connectivity index (χ0v) is 14.7. The van der Waals surface area contributed by atoms with E-state index >= 15 is 0 Å². The first-order valence-corrected chi connectivity index (χ1v) is 8.49. The number of hydrogen-bond acceptors (Lipinski definition) is 3. The Kier molecular flexibility index (Phi) is 4.71. The highest BCUT2D eigenvalue weighted by Crippen LogP contribution is 2.31. The van der Waals surface area contributed by atoms with Crippen molar-refractivity contribution in [2.24, 2.45) is 7.05 Å². The zero-order chi connectivity index (χ0) is 17.1. The molecule has 1 amide bonds. The van der Waals surface area contributed by atoms with Crippen molar-refractivity contribution < 1.29 is 4.79 Å². The van der Waals surface area contributed by atoms with E-state index in [1.165, 1.54) is 16.0 Å². The van der Waals surface area contributed by atoms with Crippen LogP contribution in [-0.4, -0.2) is 15.7 Å². The Morgan fingerprint density at radius 1 is 1.08 bits per heavy atom. The second-order valence-corrected chi connectivity index (χ2v) is 6.80. The molecule has 0 aliphatic rings. The molecule has 0 spiro atoms. The van der Waals surface area contributed by atoms with Gasteiger partial charge in [-0.25, -0.2) is 0 Å². The van der Waals surface area contributed by atoms with Crippen LogP contribution >= 0.6 is 11.8 Å². The van der Waals surface area contributed by atoms with E-state index in [1.54, 1.807) is 35.8 Å². The predicted octanol–water partition coefficient (Wildman–Crippen LogP) is 4.44. The van der Waals surface area contributed by atoms with Gasteiger partial charge < -0.3 is 5.32 Å². The zero-order valence-electron chi connectivity index (χ0n) is 13.9. The summed E-state index contributed by atoms with van der Waals surface area (Å²) in [5.41, 5.74) is 3.82. The maximum atomic E-state index is 12.2. The fourth-order valence-electron chi connectivity index (χ4n) is 2.34. The second kappa shape index (κ2) is 6.93. The van der Waals surface area contributed by atoms with E-state index in [0.29, 0.717) is 5.69 Å². The van der Waals surface area contributed by atoms with Crippen LogP contribution in [0.25, 0.3) is 0 Å². The molecular weight excluding hydrogens is 318 g/mol. The molecule has 0 bridgehead atoms. The lowest BCUT2D eigenvalue weighted by atomic mass is 10.2. The van der Waals surface area contributed by atoms with Gasteiger partial charge in [-0.1, -0.05) is 23.9 Å². The molecule has 122 valence electrons. The highest BCUT2D eigenvalue weighted by Gasteiger charge is 2.10. The van der Waals surface area contributed by atoms with Gasteiger partial charge in [0.25, 0.3) is 5.91 Å². The number of aryl methyl sites for hydroxylation is 3. The number of amides is 1. The molecule has 24 heavy (non-hydrogen) atoms. The molecule has 0 saturated carbocycles. The summed E-state index contributed by atoms with van der Waals surface area (Å²) in [5.74, 6) is -0.162.